The lowest BCUT2D eigenvalue weighted by molar-refractivity contribution is 0.00453. The van der Waals surface area contributed by atoms with Crippen molar-refractivity contribution in [2.45, 2.75) is 24.7 Å². The average Bonchev–Trinajstić information content (AvgIpc) is 2.66. The van der Waals surface area contributed by atoms with E-state index in [-0.39, 0.29) is 16.3 Å². The predicted molar refractivity (Wildman–Crippen MR) is 98.3 cm³/mol. The van der Waals surface area contributed by atoms with Gasteiger partial charge in [-0.05, 0) is 31.2 Å². The van der Waals surface area contributed by atoms with Gasteiger partial charge < -0.3 is 15.8 Å². The number of ether oxygens (including phenoxy) is 1. The van der Waals surface area contributed by atoms with Gasteiger partial charge in [-0.1, -0.05) is 11.6 Å². The molecular formula is C18H15ClF4N4O2. The summed E-state index contributed by atoms with van der Waals surface area (Å²) >= 11 is 5.60. The molecule has 1 aromatic heterocycles. The number of pyridine rings is 1. The third-order valence-corrected chi connectivity index (χ3v) is 4.63. The second kappa shape index (κ2) is 7.86. The molecule has 154 valence electrons. The summed E-state index contributed by atoms with van der Waals surface area (Å²) in [7, 11) is 0. The van der Waals surface area contributed by atoms with Crippen molar-refractivity contribution in [2.75, 3.05) is 12.0 Å². The Labute approximate surface area is 167 Å². The maximum atomic E-state index is 14.8. The normalized spacial score (nSPS) is 23.9. The van der Waals surface area contributed by atoms with Crippen LogP contribution < -0.4 is 11.1 Å². The van der Waals surface area contributed by atoms with Crippen molar-refractivity contribution < 1.29 is 27.1 Å². The first-order chi connectivity index (χ1) is 13.7. The lowest BCUT2D eigenvalue weighted by Gasteiger charge is -2.37. The second-order valence-corrected chi connectivity index (χ2v) is 6.88. The third kappa shape index (κ3) is 3.98. The first kappa shape index (κ1) is 20.8. The summed E-state index contributed by atoms with van der Waals surface area (Å²) in [4.78, 5) is 19.7. The first-order valence-electron chi connectivity index (χ1n) is 8.30. The number of rotatable bonds is 4. The van der Waals surface area contributed by atoms with Crippen molar-refractivity contribution in [2.24, 2.45) is 10.7 Å². The van der Waals surface area contributed by atoms with Crippen molar-refractivity contribution >= 4 is 29.2 Å². The van der Waals surface area contributed by atoms with Gasteiger partial charge in [0.2, 0.25) is 0 Å². The molecule has 6 nitrogen and oxygen atoms in total. The van der Waals surface area contributed by atoms with E-state index in [9.17, 15) is 22.4 Å². The monoisotopic (exact) mass is 430 g/mol. The fourth-order valence-corrected chi connectivity index (χ4v) is 3.12. The summed E-state index contributed by atoms with van der Waals surface area (Å²) in [5, 5.41) is 2.34. The van der Waals surface area contributed by atoms with E-state index in [2.05, 4.69) is 15.3 Å². The van der Waals surface area contributed by atoms with Crippen LogP contribution in [0.3, 0.4) is 0 Å². The SMILES string of the molecule is C[C@]1(c2cc(NC(=O)c3ncc(Cl)cc3F)ccc2F)N=C(N)O[C@H](CF)[C@@H]1F. The molecule has 0 bridgehead atoms. The fourth-order valence-electron chi connectivity index (χ4n) is 2.98. The number of carbonyl (C=O) groups excluding carboxylic acids is 1. The van der Waals surface area contributed by atoms with E-state index in [0.29, 0.717) is 0 Å². The minimum atomic E-state index is -2.06. The Kier molecular flexibility index (Phi) is 5.65. The Morgan fingerprint density at radius 1 is 1.34 bits per heavy atom. The standard InChI is InChI=1S/C18H15ClF4N4O2/c1-18(15(23)13(6-20)29-17(24)27-18)10-5-9(2-3-11(10)21)26-16(28)14-12(22)4-8(19)7-25-14/h2-5,7,13,15H,6H2,1H3,(H2,24,27)(H,26,28)/t13-,15+,18-/m1/s1. The highest BCUT2D eigenvalue weighted by atomic mass is 35.5. The molecule has 0 saturated heterocycles. The van der Waals surface area contributed by atoms with Crippen LogP contribution in [-0.2, 0) is 10.3 Å². The van der Waals surface area contributed by atoms with Gasteiger partial charge in [0, 0.05) is 17.4 Å². The summed E-state index contributed by atoms with van der Waals surface area (Å²) in [6.07, 6.45) is -2.54. The van der Waals surface area contributed by atoms with E-state index in [4.69, 9.17) is 22.1 Å². The lowest BCUT2D eigenvalue weighted by atomic mass is 9.84. The molecule has 11 heteroatoms. The van der Waals surface area contributed by atoms with Crippen LogP contribution in [0.5, 0.6) is 0 Å². The van der Waals surface area contributed by atoms with Crippen molar-refractivity contribution in [3.8, 4) is 0 Å². The van der Waals surface area contributed by atoms with Crippen molar-refractivity contribution in [1.82, 2.24) is 4.98 Å². The third-order valence-electron chi connectivity index (χ3n) is 4.42. The molecule has 1 aliphatic heterocycles. The number of nitrogens with two attached hydrogens (primary N) is 1. The van der Waals surface area contributed by atoms with E-state index in [0.717, 1.165) is 24.4 Å². The van der Waals surface area contributed by atoms with Crippen LogP contribution in [0.2, 0.25) is 5.02 Å². The highest BCUT2D eigenvalue weighted by molar-refractivity contribution is 6.30. The topological polar surface area (TPSA) is 89.6 Å². The van der Waals surface area contributed by atoms with Gasteiger partial charge in [0.1, 0.15) is 18.0 Å². The van der Waals surface area contributed by atoms with E-state index < -0.39 is 53.7 Å². The van der Waals surface area contributed by atoms with Crippen molar-refractivity contribution in [3.05, 3.63) is 58.4 Å². The minimum Gasteiger partial charge on any atom is -0.456 e. The molecule has 3 N–H and O–H groups in total. The highest BCUT2D eigenvalue weighted by Crippen LogP contribution is 2.39. The van der Waals surface area contributed by atoms with Crippen LogP contribution in [-0.4, -0.2) is 35.9 Å². The summed E-state index contributed by atoms with van der Waals surface area (Å²) in [5.74, 6) is -2.75. The zero-order valence-corrected chi connectivity index (χ0v) is 15.7. The summed E-state index contributed by atoms with van der Waals surface area (Å²) in [6, 6.07) is 3.65. The van der Waals surface area contributed by atoms with Gasteiger partial charge >= 0.3 is 0 Å². The Hall–Kier alpha value is -2.88. The Bertz CT molecular complexity index is 990. The Morgan fingerprint density at radius 2 is 2.07 bits per heavy atom. The van der Waals surface area contributed by atoms with Crippen LogP contribution >= 0.6 is 11.6 Å². The molecule has 1 amide bonds. The number of benzene rings is 1. The smallest absolute Gasteiger partial charge is 0.283 e. The molecule has 2 aromatic rings. The van der Waals surface area contributed by atoms with Gasteiger partial charge in [0.05, 0.1) is 5.02 Å². The van der Waals surface area contributed by atoms with Crippen LogP contribution in [0, 0.1) is 11.6 Å². The number of amides is 1. The van der Waals surface area contributed by atoms with Gasteiger partial charge in [0.25, 0.3) is 11.9 Å². The molecule has 0 radical (unpaired) electrons. The molecule has 0 saturated carbocycles. The molecule has 0 fully saturated rings. The summed E-state index contributed by atoms with van der Waals surface area (Å²) in [5.41, 5.74) is 2.75. The number of aromatic nitrogens is 1. The Balaban J connectivity index is 1.96. The number of hydrogen-bond donors (Lipinski definition) is 2. The zero-order valence-electron chi connectivity index (χ0n) is 14.9. The molecular weight excluding hydrogens is 416 g/mol. The summed E-state index contributed by atoms with van der Waals surface area (Å²) < 4.78 is 61.1. The summed E-state index contributed by atoms with van der Waals surface area (Å²) in [6.45, 7) is 0.0205. The highest BCUT2D eigenvalue weighted by Gasteiger charge is 2.48. The molecule has 3 atom stereocenters. The maximum absolute atomic E-state index is 14.8. The molecule has 1 aromatic carbocycles. The van der Waals surface area contributed by atoms with E-state index in [1.165, 1.54) is 13.0 Å². The Morgan fingerprint density at radius 3 is 2.72 bits per heavy atom. The van der Waals surface area contributed by atoms with Crippen LogP contribution in [0.1, 0.15) is 23.0 Å². The number of halogens is 5. The number of nitrogens with one attached hydrogen (secondary N) is 1. The van der Waals surface area contributed by atoms with Crippen LogP contribution in [0.15, 0.2) is 35.5 Å². The second-order valence-electron chi connectivity index (χ2n) is 6.44. The number of aliphatic imine (C=N–C) groups is 1. The molecule has 0 spiro atoms. The number of amidine groups is 1. The lowest BCUT2D eigenvalue weighted by Crippen LogP contribution is -2.50. The largest absolute Gasteiger partial charge is 0.456 e. The van der Waals surface area contributed by atoms with Crippen molar-refractivity contribution in [3.63, 3.8) is 0 Å². The molecule has 1 aliphatic rings. The molecule has 0 aliphatic carbocycles. The molecule has 29 heavy (non-hydrogen) atoms. The van der Waals surface area contributed by atoms with E-state index >= 15 is 0 Å². The van der Waals surface area contributed by atoms with Crippen molar-refractivity contribution in [1.29, 1.82) is 0 Å². The zero-order chi connectivity index (χ0) is 21.3. The molecule has 0 unspecified atom stereocenters. The van der Waals surface area contributed by atoms with E-state index in [1.807, 2.05) is 0 Å². The van der Waals surface area contributed by atoms with E-state index in [1.54, 1.807) is 0 Å². The average molecular weight is 431 g/mol. The maximum Gasteiger partial charge on any atom is 0.283 e. The van der Waals surface area contributed by atoms with Gasteiger partial charge in [-0.2, -0.15) is 0 Å². The fraction of sp³-hybridized carbons (Fsp3) is 0.278. The molecule has 2 heterocycles. The predicted octanol–water partition coefficient (Wildman–Crippen LogP) is 3.50. The number of carbonyl (C=O) groups is 1. The van der Waals surface area contributed by atoms with Crippen LogP contribution in [0.25, 0.3) is 0 Å². The number of alkyl halides is 2. The number of hydrogen-bond acceptors (Lipinski definition) is 5. The quantitative estimate of drug-likeness (QED) is 0.726. The van der Waals surface area contributed by atoms with Gasteiger partial charge in [0.15, 0.2) is 23.8 Å². The number of anilines is 1. The number of nitrogens with zero attached hydrogens (tertiary/aromatic N) is 2. The van der Waals surface area contributed by atoms with Gasteiger partial charge in [-0.15, -0.1) is 0 Å². The molecule has 3 rings (SSSR count). The first-order valence-corrected chi connectivity index (χ1v) is 8.68. The minimum absolute atomic E-state index is 0.00224. The van der Waals surface area contributed by atoms with Crippen LogP contribution in [0.4, 0.5) is 23.2 Å². The van der Waals surface area contributed by atoms with Gasteiger partial charge in [-0.3, -0.25) is 4.79 Å². The van der Waals surface area contributed by atoms with Gasteiger partial charge in [-0.25, -0.2) is 27.5 Å².